The number of hydrogen-bond acceptors (Lipinski definition) is 3. The second-order valence-corrected chi connectivity index (χ2v) is 5.13. The lowest BCUT2D eigenvalue weighted by molar-refractivity contribution is -0.122. The van der Waals surface area contributed by atoms with E-state index in [2.05, 4.69) is 12.2 Å². The Bertz CT molecular complexity index is 233. The van der Waals surface area contributed by atoms with E-state index in [0.717, 1.165) is 38.5 Å². The van der Waals surface area contributed by atoms with Crippen molar-refractivity contribution in [3.05, 3.63) is 0 Å². The van der Waals surface area contributed by atoms with Crippen LogP contribution in [0.15, 0.2) is 0 Å². The molecule has 0 aromatic heterocycles. The van der Waals surface area contributed by atoms with E-state index in [4.69, 9.17) is 5.73 Å². The molecule has 0 aliphatic heterocycles. The van der Waals surface area contributed by atoms with Crippen LogP contribution in [-0.2, 0) is 4.79 Å². The summed E-state index contributed by atoms with van der Waals surface area (Å²) in [6, 6.07) is -0.371. The summed E-state index contributed by atoms with van der Waals surface area (Å²) in [5, 5.41) is 12.1. The fraction of sp³-hybridized carbons (Fsp3) is 0.923. The van der Waals surface area contributed by atoms with Crippen LogP contribution in [0, 0.1) is 11.8 Å². The Hall–Kier alpha value is -0.610. The maximum atomic E-state index is 11.7. The predicted octanol–water partition coefficient (Wildman–Crippen LogP) is 1.03. The Morgan fingerprint density at radius 3 is 2.82 bits per heavy atom. The molecule has 3 atom stereocenters. The molecule has 1 fully saturated rings. The summed E-state index contributed by atoms with van der Waals surface area (Å²) in [4.78, 5) is 11.7. The standard InChI is InChI=1S/C13H26N2O2/c1-2-3-7-12(14)13(17)15-8-10-5-4-6-11(10)9-16/h10-12,16H,2-9,14H2,1H3,(H,15,17). The van der Waals surface area contributed by atoms with Crippen LogP contribution in [-0.4, -0.2) is 30.2 Å². The van der Waals surface area contributed by atoms with Gasteiger partial charge in [0.2, 0.25) is 5.91 Å². The molecule has 100 valence electrons. The fourth-order valence-electron chi connectivity index (χ4n) is 2.54. The van der Waals surface area contributed by atoms with Crippen molar-refractivity contribution in [1.29, 1.82) is 0 Å². The third-order valence-corrected chi connectivity index (χ3v) is 3.79. The van der Waals surface area contributed by atoms with Gasteiger partial charge in [-0.05, 0) is 31.1 Å². The van der Waals surface area contributed by atoms with Crippen molar-refractivity contribution >= 4 is 5.91 Å². The lowest BCUT2D eigenvalue weighted by Gasteiger charge is -2.19. The van der Waals surface area contributed by atoms with E-state index < -0.39 is 0 Å². The van der Waals surface area contributed by atoms with E-state index in [1.807, 2.05) is 0 Å². The molecule has 0 spiro atoms. The fourth-order valence-corrected chi connectivity index (χ4v) is 2.54. The number of carbonyl (C=O) groups is 1. The van der Waals surface area contributed by atoms with Crippen molar-refractivity contribution in [3.8, 4) is 0 Å². The van der Waals surface area contributed by atoms with Gasteiger partial charge in [0.1, 0.15) is 0 Å². The van der Waals surface area contributed by atoms with Crippen molar-refractivity contribution in [2.75, 3.05) is 13.2 Å². The smallest absolute Gasteiger partial charge is 0.236 e. The maximum absolute atomic E-state index is 11.7. The van der Waals surface area contributed by atoms with Gasteiger partial charge >= 0.3 is 0 Å². The summed E-state index contributed by atoms with van der Waals surface area (Å²) in [6.07, 6.45) is 6.17. The summed E-state index contributed by atoms with van der Waals surface area (Å²) in [5.74, 6) is 0.756. The van der Waals surface area contributed by atoms with E-state index >= 15 is 0 Å². The van der Waals surface area contributed by atoms with Crippen LogP contribution in [0.2, 0.25) is 0 Å². The van der Waals surface area contributed by atoms with Crippen molar-refractivity contribution in [2.45, 2.75) is 51.5 Å². The molecule has 4 N–H and O–H groups in total. The quantitative estimate of drug-likeness (QED) is 0.624. The molecule has 1 aliphatic rings. The molecule has 0 radical (unpaired) electrons. The highest BCUT2D eigenvalue weighted by atomic mass is 16.3. The zero-order valence-corrected chi connectivity index (χ0v) is 10.8. The normalized spacial score (nSPS) is 25.8. The molecule has 4 heteroatoms. The highest BCUT2D eigenvalue weighted by Gasteiger charge is 2.27. The van der Waals surface area contributed by atoms with Gasteiger partial charge in [0.05, 0.1) is 6.04 Å². The number of carbonyl (C=O) groups excluding carboxylic acids is 1. The molecule has 17 heavy (non-hydrogen) atoms. The van der Waals surface area contributed by atoms with Crippen LogP contribution in [0.4, 0.5) is 0 Å². The minimum atomic E-state index is -0.371. The van der Waals surface area contributed by atoms with E-state index in [0.29, 0.717) is 18.4 Å². The summed E-state index contributed by atoms with van der Waals surface area (Å²) in [6.45, 7) is 3.00. The number of aliphatic hydroxyl groups excluding tert-OH is 1. The Morgan fingerprint density at radius 1 is 1.47 bits per heavy atom. The zero-order valence-electron chi connectivity index (χ0n) is 10.8. The summed E-state index contributed by atoms with van der Waals surface area (Å²) in [5.41, 5.74) is 5.79. The van der Waals surface area contributed by atoms with Crippen LogP contribution >= 0.6 is 0 Å². The van der Waals surface area contributed by atoms with Gasteiger partial charge in [0.25, 0.3) is 0 Å². The molecule has 1 rings (SSSR count). The van der Waals surface area contributed by atoms with Gasteiger partial charge < -0.3 is 16.2 Å². The largest absolute Gasteiger partial charge is 0.396 e. The second-order valence-electron chi connectivity index (χ2n) is 5.13. The van der Waals surface area contributed by atoms with Crippen molar-refractivity contribution in [1.82, 2.24) is 5.32 Å². The number of rotatable bonds is 7. The summed E-state index contributed by atoms with van der Waals surface area (Å²) < 4.78 is 0. The lowest BCUT2D eigenvalue weighted by Crippen LogP contribution is -2.43. The Kier molecular flexibility index (Phi) is 6.52. The molecule has 1 amide bonds. The van der Waals surface area contributed by atoms with Crippen LogP contribution < -0.4 is 11.1 Å². The van der Waals surface area contributed by atoms with E-state index in [1.54, 1.807) is 0 Å². The molecule has 3 unspecified atom stereocenters. The first-order valence-corrected chi connectivity index (χ1v) is 6.83. The molecule has 0 saturated heterocycles. The first kappa shape index (κ1) is 14.5. The zero-order chi connectivity index (χ0) is 12.7. The van der Waals surface area contributed by atoms with Gasteiger partial charge in [0, 0.05) is 13.2 Å². The van der Waals surface area contributed by atoms with Crippen LogP contribution in [0.25, 0.3) is 0 Å². The number of aliphatic hydroxyl groups is 1. The van der Waals surface area contributed by atoms with Gasteiger partial charge in [0.15, 0.2) is 0 Å². The Labute approximate surface area is 104 Å². The van der Waals surface area contributed by atoms with Gasteiger partial charge in [-0.15, -0.1) is 0 Å². The SMILES string of the molecule is CCCCC(N)C(=O)NCC1CCCC1CO. The first-order valence-electron chi connectivity index (χ1n) is 6.83. The molecular formula is C13H26N2O2. The lowest BCUT2D eigenvalue weighted by atomic mass is 9.97. The number of nitrogens with one attached hydrogen (secondary N) is 1. The minimum absolute atomic E-state index is 0.0398. The second kappa shape index (κ2) is 7.67. The monoisotopic (exact) mass is 242 g/mol. The van der Waals surface area contributed by atoms with E-state index in [1.165, 1.54) is 0 Å². The molecule has 1 aliphatic carbocycles. The minimum Gasteiger partial charge on any atom is -0.396 e. The van der Waals surface area contributed by atoms with E-state index in [9.17, 15) is 9.90 Å². The van der Waals surface area contributed by atoms with Crippen LogP contribution in [0.5, 0.6) is 0 Å². The molecule has 0 bridgehead atoms. The average molecular weight is 242 g/mol. The van der Waals surface area contributed by atoms with Crippen molar-refractivity contribution in [2.24, 2.45) is 17.6 Å². The van der Waals surface area contributed by atoms with Gasteiger partial charge in [-0.2, -0.15) is 0 Å². The Morgan fingerprint density at radius 2 is 2.18 bits per heavy atom. The van der Waals surface area contributed by atoms with Gasteiger partial charge in [-0.25, -0.2) is 0 Å². The van der Waals surface area contributed by atoms with E-state index in [-0.39, 0.29) is 18.6 Å². The van der Waals surface area contributed by atoms with Crippen molar-refractivity contribution in [3.63, 3.8) is 0 Å². The third kappa shape index (κ3) is 4.64. The molecular weight excluding hydrogens is 216 g/mol. The number of hydrogen-bond donors (Lipinski definition) is 3. The number of amides is 1. The highest BCUT2D eigenvalue weighted by molar-refractivity contribution is 5.81. The van der Waals surface area contributed by atoms with Crippen LogP contribution in [0.1, 0.15) is 45.4 Å². The molecule has 0 aromatic rings. The highest BCUT2D eigenvalue weighted by Crippen LogP contribution is 2.30. The van der Waals surface area contributed by atoms with Crippen molar-refractivity contribution < 1.29 is 9.90 Å². The summed E-state index contributed by atoms with van der Waals surface area (Å²) >= 11 is 0. The van der Waals surface area contributed by atoms with Crippen LogP contribution in [0.3, 0.4) is 0 Å². The third-order valence-electron chi connectivity index (χ3n) is 3.79. The molecule has 4 nitrogen and oxygen atoms in total. The predicted molar refractivity (Wildman–Crippen MR) is 68.4 cm³/mol. The average Bonchev–Trinajstić information content (AvgIpc) is 2.80. The first-order chi connectivity index (χ1) is 8.19. The topological polar surface area (TPSA) is 75.4 Å². The molecule has 1 saturated carbocycles. The van der Waals surface area contributed by atoms with Gasteiger partial charge in [-0.3, -0.25) is 4.79 Å². The number of unbranched alkanes of at least 4 members (excludes halogenated alkanes) is 1. The van der Waals surface area contributed by atoms with Gasteiger partial charge in [-0.1, -0.05) is 26.2 Å². The molecule has 0 heterocycles. The maximum Gasteiger partial charge on any atom is 0.236 e. The Balaban J connectivity index is 2.22. The molecule has 0 aromatic carbocycles. The summed E-state index contributed by atoms with van der Waals surface area (Å²) in [7, 11) is 0. The number of nitrogens with two attached hydrogens (primary N) is 1.